The van der Waals surface area contributed by atoms with Gasteiger partial charge in [-0.15, -0.1) is 0 Å². The number of allylic oxidation sites excluding steroid dienone is 1. The summed E-state index contributed by atoms with van der Waals surface area (Å²) in [4.78, 5) is 24.0. The highest BCUT2D eigenvalue weighted by Crippen LogP contribution is 2.64. The molecule has 4 aliphatic rings. The van der Waals surface area contributed by atoms with E-state index in [4.69, 9.17) is 9.47 Å². The van der Waals surface area contributed by atoms with Gasteiger partial charge in [-0.2, -0.15) is 0 Å². The molecule has 0 radical (unpaired) electrons. The Morgan fingerprint density at radius 1 is 1.22 bits per heavy atom. The normalized spacial score (nSPS) is 45.9. The second kappa shape index (κ2) is 7.02. The average molecular weight is 375 g/mol. The van der Waals surface area contributed by atoms with E-state index in [-0.39, 0.29) is 29.0 Å². The third-order valence-corrected chi connectivity index (χ3v) is 8.49. The van der Waals surface area contributed by atoms with Crippen LogP contribution in [0, 0.1) is 28.6 Å². The molecule has 0 amide bonds. The molecule has 2 unspecified atom stereocenters. The van der Waals surface area contributed by atoms with E-state index in [1.54, 1.807) is 0 Å². The van der Waals surface area contributed by atoms with Crippen LogP contribution in [0.5, 0.6) is 0 Å². The Balaban J connectivity index is 1.61. The minimum atomic E-state index is -0.267. The average Bonchev–Trinajstić information content (AvgIpc) is 2.97. The van der Waals surface area contributed by atoms with Crippen LogP contribution in [-0.2, 0) is 19.1 Å². The zero-order chi connectivity index (χ0) is 19.2. The van der Waals surface area contributed by atoms with Crippen molar-refractivity contribution in [2.24, 2.45) is 28.6 Å². The molecular weight excluding hydrogens is 340 g/mol. The third-order valence-electron chi connectivity index (χ3n) is 8.49. The van der Waals surface area contributed by atoms with Crippen LogP contribution in [0.15, 0.2) is 11.6 Å². The van der Waals surface area contributed by atoms with Crippen LogP contribution in [0.2, 0.25) is 0 Å². The lowest BCUT2D eigenvalue weighted by Crippen LogP contribution is -2.53. The zero-order valence-corrected chi connectivity index (χ0v) is 17.0. The van der Waals surface area contributed by atoms with E-state index in [9.17, 15) is 9.59 Å². The van der Waals surface area contributed by atoms with Gasteiger partial charge in [0.15, 0.2) is 0 Å². The molecule has 0 saturated heterocycles. The number of esters is 1. The van der Waals surface area contributed by atoms with Gasteiger partial charge in [0, 0.05) is 18.9 Å². The molecule has 4 heteroatoms. The first-order valence-corrected chi connectivity index (χ1v) is 10.9. The van der Waals surface area contributed by atoms with Gasteiger partial charge in [-0.05, 0) is 76.0 Å². The lowest BCUT2D eigenvalue weighted by molar-refractivity contribution is -0.157. The predicted molar refractivity (Wildman–Crippen MR) is 103 cm³/mol. The molecule has 0 bridgehead atoms. The Kier molecular flexibility index (Phi) is 4.99. The number of carbonyl (C=O) groups is 2. The quantitative estimate of drug-likeness (QED) is 0.414. The Hall–Kier alpha value is -1.16. The molecule has 0 spiro atoms. The summed E-state index contributed by atoms with van der Waals surface area (Å²) < 4.78 is 11.6. The predicted octanol–water partition coefficient (Wildman–Crippen LogP) is 4.47. The van der Waals surface area contributed by atoms with Gasteiger partial charge in [0.1, 0.15) is 12.4 Å². The van der Waals surface area contributed by atoms with Crippen molar-refractivity contribution < 1.29 is 19.1 Å². The van der Waals surface area contributed by atoms with E-state index in [0.717, 1.165) is 58.0 Å². The number of carbonyl (C=O) groups excluding carboxylic acids is 2. The molecular formula is C23H34O4. The van der Waals surface area contributed by atoms with Gasteiger partial charge < -0.3 is 14.3 Å². The molecule has 0 heterocycles. The third kappa shape index (κ3) is 2.90. The van der Waals surface area contributed by atoms with Gasteiger partial charge in [-0.3, -0.25) is 4.79 Å². The van der Waals surface area contributed by atoms with Crippen LogP contribution >= 0.6 is 0 Å². The summed E-state index contributed by atoms with van der Waals surface area (Å²) in [7, 11) is 0. The molecule has 4 aliphatic carbocycles. The van der Waals surface area contributed by atoms with Crippen molar-refractivity contribution in [1.29, 1.82) is 0 Å². The SMILES string of the molecule is CCOC1CC[C@@]2(C=O)C(=CC[C@@H]3[C@H]2CC[C@]2(C)C(OC(C)=O)CC[C@@H]32)C1. The molecule has 27 heavy (non-hydrogen) atoms. The molecule has 0 aromatic heterocycles. The molecule has 0 aromatic carbocycles. The van der Waals surface area contributed by atoms with Crippen molar-refractivity contribution >= 4 is 12.3 Å². The van der Waals surface area contributed by atoms with E-state index in [1.807, 2.05) is 0 Å². The fourth-order valence-corrected chi connectivity index (χ4v) is 7.27. The van der Waals surface area contributed by atoms with Gasteiger partial charge in [-0.25, -0.2) is 0 Å². The summed E-state index contributed by atoms with van der Waals surface area (Å²) in [5.74, 6) is 1.39. The monoisotopic (exact) mass is 374 g/mol. The van der Waals surface area contributed by atoms with Crippen LogP contribution in [0.4, 0.5) is 0 Å². The minimum absolute atomic E-state index is 0.0483. The van der Waals surface area contributed by atoms with E-state index in [2.05, 4.69) is 19.9 Å². The summed E-state index contributed by atoms with van der Waals surface area (Å²) in [6.45, 7) is 6.65. The van der Waals surface area contributed by atoms with Gasteiger partial charge >= 0.3 is 5.97 Å². The van der Waals surface area contributed by atoms with E-state index >= 15 is 0 Å². The van der Waals surface area contributed by atoms with Crippen molar-refractivity contribution in [3.05, 3.63) is 11.6 Å². The number of rotatable bonds is 4. The first-order chi connectivity index (χ1) is 12.9. The Morgan fingerprint density at radius 2 is 2.04 bits per heavy atom. The summed E-state index contributed by atoms with van der Waals surface area (Å²) in [5.41, 5.74) is 1.16. The molecule has 4 nitrogen and oxygen atoms in total. The summed E-state index contributed by atoms with van der Waals surface area (Å²) in [6, 6.07) is 0. The Morgan fingerprint density at radius 3 is 2.74 bits per heavy atom. The zero-order valence-electron chi connectivity index (χ0n) is 17.0. The molecule has 7 atom stereocenters. The molecule has 150 valence electrons. The van der Waals surface area contributed by atoms with Gasteiger partial charge in [-0.1, -0.05) is 18.6 Å². The van der Waals surface area contributed by atoms with Crippen LogP contribution < -0.4 is 0 Å². The molecule has 0 aromatic rings. The summed E-state index contributed by atoms with van der Waals surface area (Å²) in [6.07, 6.45) is 12.2. The number of fused-ring (bicyclic) bond motifs is 5. The molecule has 4 rings (SSSR count). The topological polar surface area (TPSA) is 52.6 Å². The minimum Gasteiger partial charge on any atom is -0.462 e. The Bertz CT molecular complexity index is 640. The van der Waals surface area contributed by atoms with Crippen LogP contribution in [0.3, 0.4) is 0 Å². The molecule has 0 aliphatic heterocycles. The van der Waals surface area contributed by atoms with E-state index in [1.165, 1.54) is 18.8 Å². The highest BCUT2D eigenvalue weighted by molar-refractivity contribution is 5.67. The van der Waals surface area contributed by atoms with Gasteiger partial charge in [0.2, 0.25) is 0 Å². The van der Waals surface area contributed by atoms with Crippen LogP contribution in [0.25, 0.3) is 0 Å². The maximum atomic E-state index is 12.5. The van der Waals surface area contributed by atoms with Crippen molar-refractivity contribution in [2.45, 2.75) is 84.3 Å². The van der Waals surface area contributed by atoms with E-state index in [0.29, 0.717) is 17.8 Å². The smallest absolute Gasteiger partial charge is 0.302 e. The number of hydrogen-bond acceptors (Lipinski definition) is 4. The van der Waals surface area contributed by atoms with Crippen LogP contribution in [-0.4, -0.2) is 31.1 Å². The second-order valence-electron chi connectivity index (χ2n) is 9.54. The van der Waals surface area contributed by atoms with Crippen molar-refractivity contribution in [3.8, 4) is 0 Å². The van der Waals surface area contributed by atoms with Crippen molar-refractivity contribution in [1.82, 2.24) is 0 Å². The highest BCUT2D eigenvalue weighted by Gasteiger charge is 2.60. The Labute approximate surface area is 163 Å². The summed E-state index contributed by atoms with van der Waals surface area (Å²) >= 11 is 0. The lowest BCUT2D eigenvalue weighted by atomic mass is 9.47. The lowest BCUT2D eigenvalue weighted by Gasteiger charge is -2.57. The molecule has 3 saturated carbocycles. The molecule has 0 N–H and O–H groups in total. The van der Waals surface area contributed by atoms with E-state index < -0.39 is 0 Å². The van der Waals surface area contributed by atoms with Gasteiger partial charge in [0.25, 0.3) is 0 Å². The van der Waals surface area contributed by atoms with Crippen molar-refractivity contribution in [2.75, 3.05) is 6.61 Å². The maximum absolute atomic E-state index is 12.5. The van der Waals surface area contributed by atoms with Crippen LogP contribution in [0.1, 0.15) is 72.1 Å². The van der Waals surface area contributed by atoms with Gasteiger partial charge in [0.05, 0.1) is 11.5 Å². The number of ether oxygens (including phenoxy) is 2. The highest BCUT2D eigenvalue weighted by atomic mass is 16.5. The largest absolute Gasteiger partial charge is 0.462 e. The number of hydrogen-bond donors (Lipinski definition) is 0. The fraction of sp³-hybridized carbons (Fsp3) is 0.826. The second-order valence-corrected chi connectivity index (χ2v) is 9.54. The van der Waals surface area contributed by atoms with Crippen molar-refractivity contribution in [3.63, 3.8) is 0 Å². The first kappa shape index (κ1) is 19.2. The fourth-order valence-electron chi connectivity index (χ4n) is 7.27. The summed E-state index contributed by atoms with van der Waals surface area (Å²) in [5, 5.41) is 0. The maximum Gasteiger partial charge on any atom is 0.302 e. The first-order valence-electron chi connectivity index (χ1n) is 10.9. The standard InChI is InChI=1S/C23H34O4/c1-4-26-17-9-12-23(14-24)16(13-17)5-6-18-19-7-8-21(27-15(2)25)22(19,3)11-10-20(18)23/h5,14,17-21H,4,6-13H2,1-3H3/t17?,18-,19-,20+,21?,22-,23+/m0/s1. The number of aldehydes is 1. The molecule has 3 fully saturated rings.